The molecule has 4 nitrogen and oxygen atoms in total. The van der Waals surface area contributed by atoms with Crippen LogP contribution in [0.25, 0.3) is 0 Å². The minimum absolute atomic E-state index is 0.246. The predicted octanol–water partition coefficient (Wildman–Crippen LogP) is 3.59. The summed E-state index contributed by atoms with van der Waals surface area (Å²) in [5.41, 5.74) is 2.14. The summed E-state index contributed by atoms with van der Waals surface area (Å²) < 4.78 is 5.13. The first-order valence-electron chi connectivity index (χ1n) is 7.42. The fraction of sp³-hybridized carbons (Fsp3) is 0.278. The third-order valence-electron chi connectivity index (χ3n) is 3.35. The number of carbonyl (C=O) groups is 1. The highest BCUT2D eigenvalue weighted by molar-refractivity contribution is 5.67. The highest BCUT2D eigenvalue weighted by atomic mass is 16.6. The smallest absolute Gasteiger partial charge is 0.410 e. The van der Waals surface area contributed by atoms with Gasteiger partial charge in [0, 0.05) is 13.1 Å². The van der Waals surface area contributed by atoms with Crippen molar-refractivity contribution in [2.24, 2.45) is 0 Å². The summed E-state index contributed by atoms with van der Waals surface area (Å²) >= 11 is 0. The standard InChI is InChI=1S/C18H21NO3/c1-2-22-18(21)19(14-16-6-4-3-5-7-16)13-12-15-8-10-17(20)11-9-15/h3-11,20H,2,12-14H2,1H3. The van der Waals surface area contributed by atoms with Crippen LogP contribution in [0.4, 0.5) is 4.79 Å². The third kappa shape index (κ3) is 4.81. The molecular formula is C18H21NO3. The lowest BCUT2D eigenvalue weighted by Crippen LogP contribution is -2.33. The van der Waals surface area contributed by atoms with Crippen LogP contribution in [0.2, 0.25) is 0 Å². The number of benzene rings is 2. The van der Waals surface area contributed by atoms with E-state index in [-0.39, 0.29) is 11.8 Å². The molecule has 0 bridgehead atoms. The van der Waals surface area contributed by atoms with Crippen molar-refractivity contribution in [1.29, 1.82) is 0 Å². The van der Waals surface area contributed by atoms with Crippen LogP contribution in [0, 0.1) is 0 Å². The van der Waals surface area contributed by atoms with E-state index in [2.05, 4.69) is 0 Å². The van der Waals surface area contributed by atoms with Gasteiger partial charge < -0.3 is 14.7 Å². The molecule has 22 heavy (non-hydrogen) atoms. The van der Waals surface area contributed by atoms with Crippen LogP contribution >= 0.6 is 0 Å². The summed E-state index contributed by atoms with van der Waals surface area (Å²) in [5.74, 6) is 0.246. The van der Waals surface area contributed by atoms with Crippen LogP contribution in [0.3, 0.4) is 0 Å². The molecule has 0 aliphatic carbocycles. The quantitative estimate of drug-likeness (QED) is 0.886. The molecule has 0 aromatic heterocycles. The molecule has 0 saturated carbocycles. The number of carbonyl (C=O) groups excluding carboxylic acids is 1. The molecule has 2 aromatic carbocycles. The van der Waals surface area contributed by atoms with Gasteiger partial charge in [-0.2, -0.15) is 0 Å². The zero-order valence-corrected chi connectivity index (χ0v) is 12.7. The van der Waals surface area contributed by atoms with Crippen molar-refractivity contribution in [2.75, 3.05) is 13.2 Å². The van der Waals surface area contributed by atoms with Crippen LogP contribution in [0.5, 0.6) is 5.75 Å². The normalized spacial score (nSPS) is 10.2. The van der Waals surface area contributed by atoms with Crippen molar-refractivity contribution in [2.45, 2.75) is 19.9 Å². The average Bonchev–Trinajstić information content (AvgIpc) is 2.54. The number of ether oxygens (including phenoxy) is 1. The first-order chi connectivity index (χ1) is 10.7. The predicted molar refractivity (Wildman–Crippen MR) is 85.7 cm³/mol. The molecular weight excluding hydrogens is 278 g/mol. The molecule has 1 amide bonds. The molecule has 0 aliphatic heterocycles. The van der Waals surface area contributed by atoms with Gasteiger partial charge >= 0.3 is 6.09 Å². The Bertz CT molecular complexity index is 581. The Kier molecular flexibility index (Phi) is 5.83. The van der Waals surface area contributed by atoms with Crippen molar-refractivity contribution in [1.82, 2.24) is 4.90 Å². The molecule has 0 unspecified atom stereocenters. The third-order valence-corrected chi connectivity index (χ3v) is 3.35. The van der Waals surface area contributed by atoms with Gasteiger partial charge in [0.05, 0.1) is 6.61 Å². The van der Waals surface area contributed by atoms with E-state index in [1.54, 1.807) is 24.0 Å². The Morgan fingerprint density at radius 2 is 1.73 bits per heavy atom. The fourth-order valence-corrected chi connectivity index (χ4v) is 2.18. The van der Waals surface area contributed by atoms with E-state index in [1.807, 2.05) is 42.5 Å². The van der Waals surface area contributed by atoms with Crippen molar-refractivity contribution in [3.63, 3.8) is 0 Å². The van der Waals surface area contributed by atoms with E-state index in [9.17, 15) is 9.90 Å². The molecule has 0 fully saturated rings. The Morgan fingerprint density at radius 3 is 2.36 bits per heavy atom. The maximum atomic E-state index is 12.1. The Hall–Kier alpha value is -2.49. The number of nitrogens with zero attached hydrogens (tertiary/aromatic N) is 1. The van der Waals surface area contributed by atoms with Crippen molar-refractivity contribution in [3.05, 3.63) is 65.7 Å². The van der Waals surface area contributed by atoms with Crippen molar-refractivity contribution in [3.8, 4) is 5.75 Å². The second kappa shape index (κ2) is 8.08. The van der Waals surface area contributed by atoms with E-state index in [4.69, 9.17) is 4.74 Å². The van der Waals surface area contributed by atoms with Gasteiger partial charge in [0.15, 0.2) is 0 Å². The lowest BCUT2D eigenvalue weighted by molar-refractivity contribution is 0.105. The summed E-state index contributed by atoms with van der Waals surface area (Å²) in [6, 6.07) is 16.9. The highest BCUT2D eigenvalue weighted by Crippen LogP contribution is 2.12. The lowest BCUT2D eigenvalue weighted by Gasteiger charge is -2.22. The number of phenolic OH excluding ortho intramolecular Hbond substituents is 1. The van der Waals surface area contributed by atoms with E-state index < -0.39 is 0 Å². The number of phenols is 1. The average molecular weight is 299 g/mol. The van der Waals surface area contributed by atoms with Crippen LogP contribution in [-0.2, 0) is 17.7 Å². The Balaban J connectivity index is 2.00. The number of hydrogen-bond donors (Lipinski definition) is 1. The van der Waals surface area contributed by atoms with Crippen LogP contribution in [0.15, 0.2) is 54.6 Å². The number of hydrogen-bond acceptors (Lipinski definition) is 3. The molecule has 4 heteroatoms. The topological polar surface area (TPSA) is 49.8 Å². The number of aromatic hydroxyl groups is 1. The van der Waals surface area contributed by atoms with Crippen molar-refractivity contribution < 1.29 is 14.6 Å². The molecule has 2 aromatic rings. The van der Waals surface area contributed by atoms with E-state index >= 15 is 0 Å². The summed E-state index contributed by atoms with van der Waals surface area (Å²) in [5, 5.41) is 9.30. The molecule has 0 spiro atoms. The van der Waals surface area contributed by atoms with Gasteiger partial charge in [0.25, 0.3) is 0 Å². The molecule has 0 atom stereocenters. The van der Waals surface area contributed by atoms with Crippen molar-refractivity contribution >= 4 is 6.09 Å². The van der Waals surface area contributed by atoms with Gasteiger partial charge in [0.1, 0.15) is 5.75 Å². The minimum atomic E-state index is -0.301. The second-order valence-corrected chi connectivity index (χ2v) is 5.02. The van der Waals surface area contributed by atoms with Gasteiger partial charge in [-0.3, -0.25) is 0 Å². The summed E-state index contributed by atoms with van der Waals surface area (Å²) in [6.07, 6.45) is 0.413. The van der Waals surface area contributed by atoms with Gasteiger partial charge in [-0.05, 0) is 36.6 Å². The molecule has 1 N–H and O–H groups in total. The van der Waals surface area contributed by atoms with Gasteiger partial charge in [-0.15, -0.1) is 0 Å². The lowest BCUT2D eigenvalue weighted by atomic mass is 10.1. The summed E-state index contributed by atoms with van der Waals surface area (Å²) in [7, 11) is 0. The van der Waals surface area contributed by atoms with Crippen LogP contribution in [0.1, 0.15) is 18.1 Å². The Morgan fingerprint density at radius 1 is 1.05 bits per heavy atom. The van der Waals surface area contributed by atoms with E-state index in [1.165, 1.54) is 0 Å². The van der Waals surface area contributed by atoms with Gasteiger partial charge in [0.2, 0.25) is 0 Å². The first kappa shape index (κ1) is 15.9. The van der Waals surface area contributed by atoms with Gasteiger partial charge in [-0.25, -0.2) is 4.79 Å². The number of rotatable bonds is 6. The van der Waals surface area contributed by atoms with E-state index in [0.717, 1.165) is 11.1 Å². The summed E-state index contributed by atoms with van der Waals surface area (Å²) in [4.78, 5) is 13.8. The molecule has 116 valence electrons. The first-order valence-corrected chi connectivity index (χ1v) is 7.42. The number of amides is 1. The highest BCUT2D eigenvalue weighted by Gasteiger charge is 2.14. The maximum absolute atomic E-state index is 12.1. The molecule has 0 heterocycles. The zero-order chi connectivity index (χ0) is 15.8. The fourth-order valence-electron chi connectivity index (χ4n) is 2.18. The zero-order valence-electron chi connectivity index (χ0n) is 12.7. The van der Waals surface area contributed by atoms with E-state index in [0.29, 0.717) is 26.1 Å². The minimum Gasteiger partial charge on any atom is -0.508 e. The molecule has 0 radical (unpaired) electrons. The largest absolute Gasteiger partial charge is 0.508 e. The second-order valence-electron chi connectivity index (χ2n) is 5.02. The maximum Gasteiger partial charge on any atom is 0.410 e. The van der Waals surface area contributed by atoms with Crippen LogP contribution < -0.4 is 0 Å². The van der Waals surface area contributed by atoms with Crippen LogP contribution in [-0.4, -0.2) is 29.3 Å². The molecule has 0 aliphatic rings. The SMILES string of the molecule is CCOC(=O)N(CCc1ccc(O)cc1)Cc1ccccc1. The van der Waals surface area contributed by atoms with Gasteiger partial charge in [-0.1, -0.05) is 42.5 Å². The Labute approximate surface area is 131 Å². The summed E-state index contributed by atoms with van der Waals surface area (Å²) in [6.45, 7) is 3.26. The monoisotopic (exact) mass is 299 g/mol. The molecule has 0 saturated heterocycles. The molecule has 2 rings (SSSR count).